The maximum Gasteiger partial charge on any atom is 0.272 e. The van der Waals surface area contributed by atoms with E-state index in [9.17, 15) is 4.79 Å². The van der Waals surface area contributed by atoms with Crippen molar-refractivity contribution in [3.8, 4) is 0 Å². The molecule has 0 fully saturated rings. The van der Waals surface area contributed by atoms with E-state index in [-0.39, 0.29) is 11.3 Å². The van der Waals surface area contributed by atoms with E-state index in [1.54, 1.807) is 11.0 Å². The van der Waals surface area contributed by atoms with Crippen molar-refractivity contribution in [2.24, 2.45) is 0 Å². The molecule has 5 heteroatoms. The molecule has 0 radical (unpaired) electrons. The summed E-state index contributed by atoms with van der Waals surface area (Å²) in [5.74, 6) is 0.380. The molecule has 1 aromatic carbocycles. The lowest BCUT2D eigenvalue weighted by Crippen LogP contribution is -2.28. The summed E-state index contributed by atoms with van der Waals surface area (Å²) in [7, 11) is 1.82. The molecule has 0 aliphatic carbocycles. The molecule has 0 unspecified atom stereocenters. The standard InChI is InChI=1S/C21H30N4O/c1-7-8-13-25(6)19(26)18-14-15(2)22-20(24-18)23-17-12-10-9-11-16(17)21(3,4)5/h9-12,14H,7-8,13H2,1-6H3,(H,22,23,24). The number of unbranched alkanes of at least 4 members (excludes halogenated alkanes) is 1. The van der Waals surface area contributed by atoms with Crippen LogP contribution in [-0.2, 0) is 5.41 Å². The number of rotatable bonds is 6. The number of carbonyl (C=O) groups is 1. The second kappa shape index (κ2) is 8.30. The van der Waals surface area contributed by atoms with Gasteiger partial charge in [0.1, 0.15) is 5.69 Å². The van der Waals surface area contributed by atoms with Crippen molar-refractivity contribution < 1.29 is 4.79 Å². The topological polar surface area (TPSA) is 58.1 Å². The Balaban J connectivity index is 2.30. The Kier molecular flexibility index (Phi) is 6.35. The smallest absolute Gasteiger partial charge is 0.272 e. The molecule has 1 N–H and O–H groups in total. The third-order valence-electron chi connectivity index (χ3n) is 4.25. The van der Waals surface area contributed by atoms with Gasteiger partial charge in [-0.3, -0.25) is 4.79 Å². The molecule has 0 aliphatic rings. The van der Waals surface area contributed by atoms with Crippen LogP contribution < -0.4 is 5.32 Å². The molecule has 2 aromatic rings. The number of amides is 1. The lowest BCUT2D eigenvalue weighted by molar-refractivity contribution is 0.0787. The van der Waals surface area contributed by atoms with Crippen LogP contribution in [-0.4, -0.2) is 34.4 Å². The zero-order chi connectivity index (χ0) is 19.3. The minimum absolute atomic E-state index is 0.00750. The van der Waals surface area contributed by atoms with Gasteiger partial charge in [0.25, 0.3) is 5.91 Å². The minimum Gasteiger partial charge on any atom is -0.340 e. The third kappa shape index (κ3) is 5.04. The summed E-state index contributed by atoms with van der Waals surface area (Å²) in [6.07, 6.45) is 2.03. The highest BCUT2D eigenvalue weighted by molar-refractivity contribution is 5.92. The van der Waals surface area contributed by atoms with Crippen LogP contribution in [0.2, 0.25) is 0 Å². The summed E-state index contributed by atoms with van der Waals surface area (Å²) >= 11 is 0. The highest BCUT2D eigenvalue weighted by Crippen LogP contribution is 2.30. The van der Waals surface area contributed by atoms with Crippen molar-refractivity contribution in [2.45, 2.75) is 52.9 Å². The summed E-state index contributed by atoms with van der Waals surface area (Å²) in [4.78, 5) is 23.3. The average molecular weight is 354 g/mol. The first kappa shape index (κ1) is 19.9. The van der Waals surface area contributed by atoms with Crippen LogP contribution in [0, 0.1) is 6.92 Å². The first-order chi connectivity index (χ1) is 12.2. The average Bonchev–Trinajstić information content (AvgIpc) is 2.58. The summed E-state index contributed by atoms with van der Waals surface area (Å²) in [5.41, 5.74) is 3.32. The summed E-state index contributed by atoms with van der Waals surface area (Å²) in [6.45, 7) is 11.2. The predicted octanol–water partition coefficient (Wildman–Crippen LogP) is 4.70. The van der Waals surface area contributed by atoms with Crippen LogP contribution in [0.25, 0.3) is 0 Å². The molecule has 0 aliphatic heterocycles. The van der Waals surface area contributed by atoms with E-state index in [2.05, 4.69) is 49.0 Å². The number of aryl methyl sites for hydroxylation is 1. The maximum atomic E-state index is 12.6. The highest BCUT2D eigenvalue weighted by Gasteiger charge is 2.19. The Labute approximate surface area is 156 Å². The van der Waals surface area contributed by atoms with Gasteiger partial charge in [-0.05, 0) is 36.5 Å². The van der Waals surface area contributed by atoms with E-state index < -0.39 is 0 Å². The van der Waals surface area contributed by atoms with Crippen molar-refractivity contribution in [3.05, 3.63) is 47.3 Å². The number of para-hydroxylation sites is 1. The molecule has 140 valence electrons. The quantitative estimate of drug-likeness (QED) is 0.817. The zero-order valence-electron chi connectivity index (χ0n) is 16.8. The second-order valence-corrected chi connectivity index (χ2v) is 7.72. The van der Waals surface area contributed by atoms with Crippen LogP contribution in [0.3, 0.4) is 0 Å². The first-order valence-corrected chi connectivity index (χ1v) is 9.20. The second-order valence-electron chi connectivity index (χ2n) is 7.72. The van der Waals surface area contributed by atoms with Gasteiger partial charge in [-0.2, -0.15) is 0 Å². The zero-order valence-corrected chi connectivity index (χ0v) is 16.8. The van der Waals surface area contributed by atoms with E-state index in [0.29, 0.717) is 11.6 Å². The molecular weight excluding hydrogens is 324 g/mol. The van der Waals surface area contributed by atoms with Gasteiger partial charge in [0, 0.05) is 25.0 Å². The molecule has 0 atom stereocenters. The summed E-state index contributed by atoms with van der Waals surface area (Å²) in [5, 5.41) is 3.30. The molecule has 1 heterocycles. The summed E-state index contributed by atoms with van der Waals surface area (Å²) < 4.78 is 0. The number of benzene rings is 1. The molecule has 0 spiro atoms. The van der Waals surface area contributed by atoms with E-state index in [1.165, 1.54) is 5.56 Å². The Morgan fingerprint density at radius 3 is 2.54 bits per heavy atom. The van der Waals surface area contributed by atoms with Crippen molar-refractivity contribution in [3.63, 3.8) is 0 Å². The number of hydrogen-bond acceptors (Lipinski definition) is 4. The van der Waals surface area contributed by atoms with Gasteiger partial charge < -0.3 is 10.2 Å². The third-order valence-corrected chi connectivity index (χ3v) is 4.25. The number of aromatic nitrogens is 2. The Morgan fingerprint density at radius 2 is 1.88 bits per heavy atom. The van der Waals surface area contributed by atoms with Gasteiger partial charge >= 0.3 is 0 Å². The van der Waals surface area contributed by atoms with E-state index >= 15 is 0 Å². The Hall–Kier alpha value is -2.43. The fraction of sp³-hybridized carbons (Fsp3) is 0.476. The van der Waals surface area contributed by atoms with Crippen LogP contribution in [0.4, 0.5) is 11.6 Å². The molecule has 26 heavy (non-hydrogen) atoms. The Morgan fingerprint density at radius 1 is 1.19 bits per heavy atom. The van der Waals surface area contributed by atoms with Crippen LogP contribution >= 0.6 is 0 Å². The molecular formula is C21H30N4O. The van der Waals surface area contributed by atoms with E-state index in [0.717, 1.165) is 30.8 Å². The van der Waals surface area contributed by atoms with Gasteiger partial charge in [-0.15, -0.1) is 0 Å². The van der Waals surface area contributed by atoms with Crippen molar-refractivity contribution in [1.82, 2.24) is 14.9 Å². The molecule has 0 saturated carbocycles. The number of carbonyl (C=O) groups excluding carboxylic acids is 1. The van der Waals surface area contributed by atoms with Crippen LogP contribution in [0.15, 0.2) is 30.3 Å². The largest absolute Gasteiger partial charge is 0.340 e. The first-order valence-electron chi connectivity index (χ1n) is 9.20. The lowest BCUT2D eigenvalue weighted by atomic mass is 9.86. The number of nitrogens with zero attached hydrogens (tertiary/aromatic N) is 3. The van der Waals surface area contributed by atoms with Crippen molar-refractivity contribution in [1.29, 1.82) is 0 Å². The maximum absolute atomic E-state index is 12.6. The highest BCUT2D eigenvalue weighted by atomic mass is 16.2. The van der Waals surface area contributed by atoms with E-state index in [4.69, 9.17) is 0 Å². The Bertz CT molecular complexity index is 765. The molecule has 1 amide bonds. The van der Waals surface area contributed by atoms with Gasteiger partial charge in [0.05, 0.1) is 0 Å². The monoisotopic (exact) mass is 354 g/mol. The SMILES string of the molecule is CCCCN(C)C(=O)c1cc(C)nc(Nc2ccccc2C(C)(C)C)n1. The van der Waals surface area contributed by atoms with Crippen LogP contribution in [0.5, 0.6) is 0 Å². The van der Waals surface area contributed by atoms with Crippen molar-refractivity contribution in [2.75, 3.05) is 18.9 Å². The molecule has 2 rings (SSSR count). The molecule has 5 nitrogen and oxygen atoms in total. The summed E-state index contributed by atoms with van der Waals surface area (Å²) in [6, 6.07) is 9.87. The van der Waals surface area contributed by atoms with Gasteiger partial charge in [0.15, 0.2) is 0 Å². The fourth-order valence-corrected chi connectivity index (χ4v) is 2.79. The number of nitrogens with one attached hydrogen (secondary N) is 1. The minimum atomic E-state index is -0.0730. The number of hydrogen-bond donors (Lipinski definition) is 1. The number of anilines is 2. The van der Waals surface area contributed by atoms with Crippen LogP contribution in [0.1, 0.15) is 62.3 Å². The van der Waals surface area contributed by atoms with Gasteiger partial charge in [0.2, 0.25) is 5.95 Å². The molecule has 0 bridgehead atoms. The fourth-order valence-electron chi connectivity index (χ4n) is 2.79. The molecule has 0 saturated heterocycles. The molecule has 1 aromatic heterocycles. The lowest BCUT2D eigenvalue weighted by Gasteiger charge is -2.23. The predicted molar refractivity (Wildman–Crippen MR) is 107 cm³/mol. The van der Waals surface area contributed by atoms with Crippen molar-refractivity contribution >= 4 is 17.5 Å². The van der Waals surface area contributed by atoms with Gasteiger partial charge in [-0.25, -0.2) is 9.97 Å². The van der Waals surface area contributed by atoms with Gasteiger partial charge in [-0.1, -0.05) is 52.3 Å². The van der Waals surface area contributed by atoms with E-state index in [1.807, 2.05) is 32.2 Å². The normalized spacial score (nSPS) is 11.3.